The lowest BCUT2D eigenvalue weighted by Gasteiger charge is -2.21. The summed E-state index contributed by atoms with van der Waals surface area (Å²) in [7, 11) is 0. The van der Waals surface area contributed by atoms with Gasteiger partial charge in [0.1, 0.15) is 0 Å². The number of rotatable bonds is 4. The first-order chi connectivity index (χ1) is 13.9. The predicted octanol–water partition coefficient (Wildman–Crippen LogP) is 7.07. The fourth-order valence-corrected chi connectivity index (χ4v) is 4.76. The third-order valence-corrected chi connectivity index (χ3v) is 6.51. The molecule has 0 saturated heterocycles. The van der Waals surface area contributed by atoms with Gasteiger partial charge >= 0.3 is 0 Å². The summed E-state index contributed by atoms with van der Waals surface area (Å²) in [5, 5.41) is 1.47. The normalized spacial score (nSPS) is 11.0. The molecule has 3 nitrogen and oxygen atoms in total. The van der Waals surface area contributed by atoms with Crippen LogP contribution in [-0.2, 0) is 6.54 Å². The Balaban J connectivity index is 1.83. The van der Waals surface area contributed by atoms with Gasteiger partial charge in [-0.2, -0.15) is 0 Å². The van der Waals surface area contributed by atoms with Crippen LogP contribution in [0.5, 0.6) is 0 Å². The number of amides is 1. The highest BCUT2D eigenvalue weighted by Gasteiger charge is 2.24. The van der Waals surface area contributed by atoms with Crippen LogP contribution in [0.2, 0.25) is 10.0 Å². The maximum absolute atomic E-state index is 13.5. The van der Waals surface area contributed by atoms with Gasteiger partial charge in [-0.15, -0.1) is 0 Å². The van der Waals surface area contributed by atoms with Gasteiger partial charge in [0.05, 0.1) is 27.3 Å². The Morgan fingerprint density at radius 3 is 2.41 bits per heavy atom. The van der Waals surface area contributed by atoms with Crippen LogP contribution in [0.3, 0.4) is 0 Å². The lowest BCUT2D eigenvalue weighted by atomic mass is 10.1. The van der Waals surface area contributed by atoms with Crippen molar-refractivity contribution in [3.05, 3.63) is 93.0 Å². The minimum absolute atomic E-state index is 0.204. The van der Waals surface area contributed by atoms with E-state index < -0.39 is 0 Å². The number of hydrogen-bond donors (Lipinski definition) is 0. The Labute approximate surface area is 183 Å². The quantitative estimate of drug-likeness (QED) is 0.339. The molecule has 3 aromatic carbocycles. The van der Waals surface area contributed by atoms with Crippen molar-refractivity contribution in [2.24, 2.45) is 0 Å². The zero-order valence-corrected chi connectivity index (χ0v) is 18.3. The van der Waals surface area contributed by atoms with Gasteiger partial charge in [0.25, 0.3) is 5.91 Å². The van der Waals surface area contributed by atoms with Gasteiger partial charge in [-0.25, -0.2) is 4.98 Å². The first kappa shape index (κ1) is 19.9. The van der Waals surface area contributed by atoms with E-state index in [9.17, 15) is 4.79 Å². The van der Waals surface area contributed by atoms with Crippen LogP contribution in [-0.4, -0.2) is 10.9 Å². The molecule has 6 heteroatoms. The molecule has 0 spiro atoms. The van der Waals surface area contributed by atoms with Crippen molar-refractivity contribution in [2.75, 3.05) is 4.90 Å². The number of aromatic nitrogens is 1. The highest BCUT2D eigenvalue weighted by Crippen LogP contribution is 2.35. The van der Waals surface area contributed by atoms with E-state index in [1.165, 1.54) is 11.3 Å². The van der Waals surface area contributed by atoms with Crippen LogP contribution in [0.15, 0.2) is 60.7 Å². The molecule has 146 valence electrons. The van der Waals surface area contributed by atoms with E-state index in [-0.39, 0.29) is 5.91 Å². The number of thiazole rings is 1. The van der Waals surface area contributed by atoms with Crippen LogP contribution in [0.25, 0.3) is 10.2 Å². The molecule has 29 heavy (non-hydrogen) atoms. The van der Waals surface area contributed by atoms with Crippen LogP contribution < -0.4 is 4.90 Å². The molecule has 1 aromatic heterocycles. The number of halogens is 2. The van der Waals surface area contributed by atoms with E-state index >= 15 is 0 Å². The summed E-state index contributed by atoms with van der Waals surface area (Å²) in [6.45, 7) is 4.49. The molecule has 0 saturated carbocycles. The Morgan fingerprint density at radius 1 is 1.00 bits per heavy atom. The second-order valence-electron chi connectivity index (χ2n) is 6.87. The lowest BCUT2D eigenvalue weighted by Crippen LogP contribution is -2.30. The number of fused-ring (bicyclic) bond motifs is 1. The number of hydrogen-bond acceptors (Lipinski definition) is 3. The fraction of sp³-hybridized carbons (Fsp3) is 0.130. The summed E-state index contributed by atoms with van der Waals surface area (Å²) in [4.78, 5) is 20.0. The summed E-state index contributed by atoms with van der Waals surface area (Å²) < 4.78 is 1.09. The fourth-order valence-electron chi connectivity index (χ4n) is 3.16. The Morgan fingerprint density at radius 2 is 1.72 bits per heavy atom. The van der Waals surface area contributed by atoms with Crippen LogP contribution in [0.1, 0.15) is 27.0 Å². The zero-order valence-electron chi connectivity index (χ0n) is 15.9. The van der Waals surface area contributed by atoms with Crippen molar-refractivity contribution in [3.63, 3.8) is 0 Å². The molecule has 0 aliphatic rings. The second-order valence-corrected chi connectivity index (χ2v) is 8.70. The molecule has 0 fully saturated rings. The summed E-state index contributed by atoms with van der Waals surface area (Å²) >= 11 is 13.9. The number of nitrogens with zero attached hydrogens (tertiary/aromatic N) is 2. The van der Waals surface area contributed by atoms with Gasteiger partial charge in [0.2, 0.25) is 0 Å². The monoisotopic (exact) mass is 440 g/mol. The molecular weight excluding hydrogens is 423 g/mol. The minimum Gasteiger partial charge on any atom is -0.279 e. The molecule has 4 rings (SSSR count). The molecule has 1 amide bonds. The smallest absolute Gasteiger partial charge is 0.261 e. The van der Waals surface area contributed by atoms with Gasteiger partial charge in [-0.05, 0) is 48.7 Å². The van der Waals surface area contributed by atoms with Gasteiger partial charge in [-0.1, -0.05) is 77.0 Å². The average Bonchev–Trinajstić information content (AvgIpc) is 3.16. The van der Waals surface area contributed by atoms with E-state index in [0.29, 0.717) is 27.3 Å². The minimum atomic E-state index is -0.204. The molecule has 4 aromatic rings. The number of benzene rings is 3. The van der Waals surface area contributed by atoms with Crippen molar-refractivity contribution in [1.29, 1.82) is 0 Å². The van der Waals surface area contributed by atoms with E-state index in [0.717, 1.165) is 26.9 Å². The van der Waals surface area contributed by atoms with Crippen molar-refractivity contribution in [2.45, 2.75) is 20.4 Å². The number of aryl methyl sites for hydroxylation is 2. The molecule has 1 heterocycles. The largest absolute Gasteiger partial charge is 0.279 e. The topological polar surface area (TPSA) is 33.2 Å². The van der Waals surface area contributed by atoms with Crippen LogP contribution >= 0.6 is 34.5 Å². The number of carbonyl (C=O) groups is 1. The average molecular weight is 441 g/mol. The maximum Gasteiger partial charge on any atom is 0.261 e. The number of anilines is 1. The predicted molar refractivity (Wildman–Crippen MR) is 123 cm³/mol. The summed E-state index contributed by atoms with van der Waals surface area (Å²) in [5.74, 6) is -0.204. The summed E-state index contributed by atoms with van der Waals surface area (Å²) in [6, 6.07) is 18.9. The Bertz CT molecular complexity index is 1170. The molecular formula is C23H18Cl2N2OS. The lowest BCUT2D eigenvalue weighted by molar-refractivity contribution is 0.0985. The second kappa shape index (κ2) is 8.15. The number of carbonyl (C=O) groups excluding carboxylic acids is 1. The Hall–Kier alpha value is -2.40. The highest BCUT2D eigenvalue weighted by molar-refractivity contribution is 7.22. The van der Waals surface area contributed by atoms with E-state index in [2.05, 4.69) is 19.1 Å². The molecule has 0 radical (unpaired) electrons. The third kappa shape index (κ3) is 4.01. The van der Waals surface area contributed by atoms with Crippen LogP contribution in [0.4, 0.5) is 5.13 Å². The van der Waals surface area contributed by atoms with E-state index in [1.807, 2.05) is 37.3 Å². The van der Waals surface area contributed by atoms with Gasteiger partial charge in [0.15, 0.2) is 5.13 Å². The van der Waals surface area contributed by atoms with Crippen LogP contribution in [0, 0.1) is 13.8 Å². The molecule has 0 aliphatic carbocycles. The van der Waals surface area contributed by atoms with Crippen molar-refractivity contribution in [3.8, 4) is 0 Å². The van der Waals surface area contributed by atoms with Crippen molar-refractivity contribution >= 4 is 55.8 Å². The van der Waals surface area contributed by atoms with Crippen molar-refractivity contribution in [1.82, 2.24) is 4.98 Å². The zero-order chi connectivity index (χ0) is 20.5. The summed E-state index contributed by atoms with van der Waals surface area (Å²) in [5.41, 5.74) is 4.58. The first-order valence-electron chi connectivity index (χ1n) is 9.11. The Kier molecular flexibility index (Phi) is 5.59. The SMILES string of the molecule is Cc1ccc(C)c2sc(N(Cc3ccccc3)C(=O)c3ccc(Cl)cc3Cl)nc12. The molecule has 0 atom stereocenters. The summed E-state index contributed by atoms with van der Waals surface area (Å²) in [6.07, 6.45) is 0. The molecule has 0 bridgehead atoms. The molecule has 0 aliphatic heterocycles. The van der Waals surface area contributed by atoms with E-state index in [1.54, 1.807) is 23.1 Å². The molecule has 0 unspecified atom stereocenters. The highest BCUT2D eigenvalue weighted by atomic mass is 35.5. The third-order valence-electron chi connectivity index (χ3n) is 4.75. The standard InChI is InChI=1S/C23H18Cl2N2OS/c1-14-8-9-15(2)21-20(14)26-23(29-21)27(13-16-6-4-3-5-7-16)22(28)18-11-10-17(24)12-19(18)25/h3-12H,13H2,1-2H3. The van der Waals surface area contributed by atoms with E-state index in [4.69, 9.17) is 28.2 Å². The first-order valence-corrected chi connectivity index (χ1v) is 10.7. The van der Waals surface area contributed by atoms with Gasteiger partial charge in [0, 0.05) is 5.02 Å². The van der Waals surface area contributed by atoms with Gasteiger partial charge in [-0.3, -0.25) is 9.69 Å². The van der Waals surface area contributed by atoms with Crippen molar-refractivity contribution < 1.29 is 4.79 Å². The van der Waals surface area contributed by atoms with Gasteiger partial charge < -0.3 is 0 Å². The maximum atomic E-state index is 13.5. The molecule has 0 N–H and O–H groups in total.